The minimum atomic E-state index is -0.593. The number of carbonyl (C=O) groups excluding carboxylic acids is 1. The van der Waals surface area contributed by atoms with Crippen LogP contribution in [-0.4, -0.2) is 66.9 Å². The molecule has 0 spiro atoms. The van der Waals surface area contributed by atoms with E-state index in [9.17, 15) is 4.79 Å². The zero-order chi connectivity index (χ0) is 24.7. The lowest BCUT2D eigenvalue weighted by atomic mass is 9.97. The summed E-state index contributed by atoms with van der Waals surface area (Å²) in [6, 6.07) is 5.02. The maximum absolute atomic E-state index is 15.0. The first-order valence-corrected chi connectivity index (χ1v) is 11.6. The van der Waals surface area contributed by atoms with Crippen LogP contribution in [-0.2, 0) is 6.54 Å². The van der Waals surface area contributed by atoms with Crippen molar-refractivity contribution in [1.82, 2.24) is 34.8 Å². The van der Waals surface area contributed by atoms with Crippen LogP contribution in [0.1, 0.15) is 31.1 Å². The molecule has 35 heavy (non-hydrogen) atoms. The molecule has 0 unspecified atom stereocenters. The van der Waals surface area contributed by atoms with Gasteiger partial charge in [0.1, 0.15) is 16.5 Å². The molecule has 1 saturated heterocycles. The summed E-state index contributed by atoms with van der Waals surface area (Å²) < 4.78 is 22.4. The number of piperazine rings is 1. The van der Waals surface area contributed by atoms with Crippen LogP contribution in [0.4, 0.5) is 10.4 Å². The molecule has 0 radical (unpaired) electrons. The summed E-state index contributed by atoms with van der Waals surface area (Å²) >= 11 is 5.92. The molecule has 5 heterocycles. The number of carbonyl (C=O) groups is 1. The van der Waals surface area contributed by atoms with Gasteiger partial charge in [0.15, 0.2) is 11.4 Å². The number of pyridine rings is 2. The number of hydrogen-bond acceptors (Lipinski definition) is 8. The Morgan fingerprint density at radius 2 is 1.91 bits per heavy atom. The highest BCUT2D eigenvalue weighted by Crippen LogP contribution is 2.26. The van der Waals surface area contributed by atoms with Gasteiger partial charge in [-0.1, -0.05) is 37.6 Å². The van der Waals surface area contributed by atoms with Gasteiger partial charge < -0.3 is 14.2 Å². The van der Waals surface area contributed by atoms with Crippen molar-refractivity contribution in [3.05, 3.63) is 47.1 Å². The number of hydrogen-bond donors (Lipinski definition) is 0. The van der Waals surface area contributed by atoms with E-state index in [1.165, 1.54) is 18.5 Å². The quantitative estimate of drug-likeness (QED) is 0.392. The molecular formula is C23H24ClFN8O2. The van der Waals surface area contributed by atoms with Gasteiger partial charge in [-0.05, 0) is 23.6 Å². The third kappa shape index (κ3) is 4.81. The third-order valence-corrected chi connectivity index (χ3v) is 5.83. The van der Waals surface area contributed by atoms with Crippen molar-refractivity contribution in [2.24, 2.45) is 5.41 Å². The molecule has 12 heteroatoms. The Labute approximate surface area is 205 Å². The van der Waals surface area contributed by atoms with E-state index in [1.54, 1.807) is 21.7 Å². The monoisotopic (exact) mass is 498 g/mol. The smallest absolute Gasteiger partial charge is 0.300 e. The van der Waals surface area contributed by atoms with Crippen molar-refractivity contribution in [2.75, 3.05) is 31.1 Å². The van der Waals surface area contributed by atoms with Gasteiger partial charge in [0.2, 0.25) is 5.65 Å². The van der Waals surface area contributed by atoms with Crippen molar-refractivity contribution >= 4 is 34.8 Å². The highest BCUT2D eigenvalue weighted by Gasteiger charge is 2.26. The average molecular weight is 499 g/mol. The molecule has 4 aromatic heterocycles. The third-order valence-electron chi connectivity index (χ3n) is 5.62. The second-order valence-electron chi connectivity index (χ2n) is 9.62. The fourth-order valence-corrected chi connectivity index (χ4v) is 4.10. The number of anilines is 1. The number of aromatic nitrogens is 6. The molecule has 0 bridgehead atoms. The average Bonchev–Trinajstić information content (AvgIpc) is 3.44. The molecule has 0 aliphatic carbocycles. The van der Waals surface area contributed by atoms with E-state index in [1.807, 2.05) is 4.90 Å². The van der Waals surface area contributed by atoms with Crippen molar-refractivity contribution < 1.29 is 13.6 Å². The van der Waals surface area contributed by atoms with Crippen molar-refractivity contribution in [3.8, 4) is 11.4 Å². The van der Waals surface area contributed by atoms with E-state index in [2.05, 4.69) is 46.0 Å². The Balaban J connectivity index is 1.27. The molecule has 182 valence electrons. The maximum Gasteiger partial charge on any atom is 0.300 e. The van der Waals surface area contributed by atoms with Gasteiger partial charge >= 0.3 is 0 Å². The van der Waals surface area contributed by atoms with E-state index in [0.29, 0.717) is 60.8 Å². The van der Waals surface area contributed by atoms with Gasteiger partial charge in [0.05, 0.1) is 11.8 Å². The lowest BCUT2D eigenvalue weighted by Crippen LogP contribution is -2.49. The summed E-state index contributed by atoms with van der Waals surface area (Å²) in [6.45, 7) is 8.60. The van der Waals surface area contributed by atoms with Crippen LogP contribution >= 0.6 is 11.6 Å². The summed E-state index contributed by atoms with van der Waals surface area (Å²) in [4.78, 5) is 29.4. The van der Waals surface area contributed by atoms with E-state index in [4.69, 9.17) is 16.0 Å². The molecule has 5 rings (SSSR count). The molecule has 1 aliphatic heterocycles. The molecule has 0 atom stereocenters. The molecule has 4 aromatic rings. The lowest BCUT2D eigenvalue weighted by Gasteiger charge is -2.33. The SMILES string of the molecule is CC(C)(C)Cn1nncc1-c1ncc(C(=O)N2CCN(c3nc4nc(Cl)ccc4o3)CC2)cc1F. The molecule has 1 amide bonds. The first-order valence-electron chi connectivity index (χ1n) is 11.2. The summed E-state index contributed by atoms with van der Waals surface area (Å²) in [5.74, 6) is -0.875. The predicted octanol–water partition coefficient (Wildman–Crippen LogP) is 3.68. The van der Waals surface area contributed by atoms with Crippen molar-refractivity contribution in [3.63, 3.8) is 0 Å². The minimum Gasteiger partial charge on any atom is -0.422 e. The first-order chi connectivity index (χ1) is 16.7. The van der Waals surface area contributed by atoms with Gasteiger partial charge in [-0.15, -0.1) is 5.10 Å². The molecule has 0 N–H and O–H groups in total. The fourth-order valence-electron chi connectivity index (χ4n) is 3.95. The topological polar surface area (TPSA) is 106 Å². The van der Waals surface area contributed by atoms with Crippen LogP contribution in [0, 0.1) is 11.2 Å². The number of nitrogens with zero attached hydrogens (tertiary/aromatic N) is 8. The van der Waals surface area contributed by atoms with Gasteiger partial charge in [-0.25, -0.2) is 14.1 Å². The van der Waals surface area contributed by atoms with Crippen LogP contribution < -0.4 is 4.90 Å². The molecule has 0 aromatic carbocycles. The Bertz CT molecular complexity index is 1390. The predicted molar refractivity (Wildman–Crippen MR) is 128 cm³/mol. The number of halogens is 2. The highest BCUT2D eigenvalue weighted by atomic mass is 35.5. The summed E-state index contributed by atoms with van der Waals surface area (Å²) in [5, 5.41) is 8.31. The Morgan fingerprint density at radius 1 is 1.14 bits per heavy atom. The number of oxazole rings is 1. The zero-order valence-corrected chi connectivity index (χ0v) is 20.3. The Morgan fingerprint density at radius 3 is 2.63 bits per heavy atom. The molecule has 1 fully saturated rings. The lowest BCUT2D eigenvalue weighted by molar-refractivity contribution is 0.0744. The van der Waals surface area contributed by atoms with E-state index >= 15 is 4.39 Å². The van der Waals surface area contributed by atoms with Gasteiger partial charge in [-0.3, -0.25) is 9.78 Å². The van der Waals surface area contributed by atoms with E-state index in [0.717, 1.165) is 0 Å². The van der Waals surface area contributed by atoms with Crippen LogP contribution in [0.25, 0.3) is 22.6 Å². The zero-order valence-electron chi connectivity index (χ0n) is 19.6. The molecule has 0 saturated carbocycles. The second-order valence-corrected chi connectivity index (χ2v) is 10.0. The van der Waals surface area contributed by atoms with Gasteiger partial charge in [0, 0.05) is 38.9 Å². The van der Waals surface area contributed by atoms with Crippen molar-refractivity contribution in [2.45, 2.75) is 27.3 Å². The van der Waals surface area contributed by atoms with Crippen LogP contribution in [0.5, 0.6) is 0 Å². The normalized spacial score (nSPS) is 14.7. The summed E-state index contributed by atoms with van der Waals surface area (Å²) in [7, 11) is 0. The first kappa shape index (κ1) is 23.2. The minimum absolute atomic E-state index is 0.0710. The maximum atomic E-state index is 15.0. The molecule has 10 nitrogen and oxygen atoms in total. The highest BCUT2D eigenvalue weighted by molar-refractivity contribution is 6.29. The summed E-state index contributed by atoms with van der Waals surface area (Å²) in [5.41, 5.74) is 1.69. The van der Waals surface area contributed by atoms with E-state index in [-0.39, 0.29) is 22.6 Å². The van der Waals surface area contributed by atoms with Crippen LogP contribution in [0.3, 0.4) is 0 Å². The standard InChI is InChI=1S/C23H24ClFN8O2/c1-23(2,3)13-33-16(12-27-30-33)19-15(25)10-14(11-26-19)21(34)31-6-8-32(9-7-31)22-29-20-17(35-22)4-5-18(24)28-20/h4-5,10-12H,6-9,13H2,1-3H3. The second kappa shape index (κ2) is 8.88. The summed E-state index contributed by atoms with van der Waals surface area (Å²) in [6.07, 6.45) is 2.88. The molecule has 1 aliphatic rings. The fraction of sp³-hybridized carbons (Fsp3) is 0.391. The number of fused-ring (bicyclic) bond motifs is 1. The van der Waals surface area contributed by atoms with Crippen molar-refractivity contribution in [1.29, 1.82) is 0 Å². The Hall–Kier alpha value is -3.60. The van der Waals surface area contributed by atoms with Crippen LogP contribution in [0.15, 0.2) is 35.0 Å². The number of rotatable bonds is 4. The van der Waals surface area contributed by atoms with Crippen LogP contribution in [0.2, 0.25) is 5.15 Å². The molecular weight excluding hydrogens is 475 g/mol. The van der Waals surface area contributed by atoms with Gasteiger partial charge in [0.25, 0.3) is 11.9 Å². The van der Waals surface area contributed by atoms with E-state index < -0.39 is 5.82 Å². The Kier molecular flexibility index (Phi) is 5.87. The van der Waals surface area contributed by atoms with Gasteiger partial charge in [-0.2, -0.15) is 4.98 Å². The largest absolute Gasteiger partial charge is 0.422 e. The number of amides is 1.